The van der Waals surface area contributed by atoms with Gasteiger partial charge in [-0.25, -0.2) is 9.07 Å². The van der Waals surface area contributed by atoms with Gasteiger partial charge in [0.1, 0.15) is 11.4 Å². The van der Waals surface area contributed by atoms with E-state index in [9.17, 15) is 9.18 Å². The molecule has 5 aliphatic carbocycles. The number of carbonyl (C=O) groups excluding carboxylic acids is 1. The average Bonchev–Trinajstić information content (AvgIpc) is 3.31. The predicted octanol–water partition coefficient (Wildman–Crippen LogP) is 5.75. The van der Waals surface area contributed by atoms with E-state index in [1.807, 2.05) is 4.68 Å². The molecule has 4 bridgehead atoms. The first kappa shape index (κ1) is 27.4. The number of nitrogens with zero attached hydrogens (tertiary/aromatic N) is 2. The minimum Gasteiger partial charge on any atom is -0.477 e. The van der Waals surface area contributed by atoms with Gasteiger partial charge in [0.2, 0.25) is 5.88 Å². The van der Waals surface area contributed by atoms with Crippen molar-refractivity contribution in [3.8, 4) is 5.88 Å². The Morgan fingerprint density at radius 1 is 1.00 bits per heavy atom. The fourth-order valence-corrected chi connectivity index (χ4v) is 7.80. The number of ether oxygens (including phenoxy) is 1. The van der Waals surface area contributed by atoms with Crippen molar-refractivity contribution in [1.29, 1.82) is 0 Å². The third-order valence-electron chi connectivity index (χ3n) is 9.48. The van der Waals surface area contributed by atoms with E-state index >= 15 is 0 Å². The molecule has 208 valence electrons. The zero-order valence-electron chi connectivity index (χ0n) is 22.2. The molecule has 0 saturated heterocycles. The third kappa shape index (κ3) is 6.20. The summed E-state index contributed by atoms with van der Waals surface area (Å²) in [4.78, 5) is 13.6. The predicted molar refractivity (Wildman–Crippen MR) is 148 cm³/mol. The van der Waals surface area contributed by atoms with Gasteiger partial charge in [0.15, 0.2) is 0 Å². The molecule has 8 heteroatoms. The molecule has 0 spiro atoms. The highest BCUT2D eigenvalue weighted by Crippen LogP contribution is 2.53. The van der Waals surface area contributed by atoms with E-state index in [1.165, 1.54) is 76.3 Å². The Bertz CT molecular complexity index is 1040. The molecule has 5 aliphatic rings. The van der Waals surface area contributed by atoms with Crippen molar-refractivity contribution in [3.63, 3.8) is 0 Å². The van der Waals surface area contributed by atoms with Crippen molar-refractivity contribution >= 4 is 18.3 Å². The lowest BCUT2D eigenvalue weighted by molar-refractivity contribution is -0.0120. The molecule has 5 fully saturated rings. The highest BCUT2D eigenvalue weighted by atomic mass is 35.5. The van der Waals surface area contributed by atoms with Crippen LogP contribution in [0.3, 0.4) is 0 Å². The Balaban J connectivity index is 0.00000294. The second-order valence-electron chi connectivity index (χ2n) is 12.1. The summed E-state index contributed by atoms with van der Waals surface area (Å²) in [5, 5.41) is 11.4. The van der Waals surface area contributed by atoms with E-state index in [1.54, 1.807) is 18.3 Å². The molecule has 0 atom stereocenters. The molecular formula is C30H42ClFN4O2. The number of hydrogen-bond donors (Lipinski definition) is 2. The lowest BCUT2D eigenvalue weighted by atomic mass is 9.54. The molecule has 1 aromatic heterocycles. The molecule has 2 aromatic rings. The standard InChI is InChI=1S/C30H41FN4O2.ClH/c31-26-8-6-20(7-9-26)17-32-10-11-35-30(37-19-21-4-2-1-3-5-21)27(18-33-35)29(36)34-28-24-13-22-12-23(15-24)16-25(28)14-22;/h6-9,18,21-25,28,32H,1-5,10-17,19H2,(H,34,36);1H. The second-order valence-corrected chi connectivity index (χ2v) is 12.1. The van der Waals surface area contributed by atoms with Gasteiger partial charge in [-0.1, -0.05) is 31.4 Å². The molecule has 6 nitrogen and oxygen atoms in total. The van der Waals surface area contributed by atoms with Gasteiger partial charge in [-0.3, -0.25) is 4.79 Å². The van der Waals surface area contributed by atoms with Crippen LogP contribution in [0.1, 0.15) is 80.1 Å². The number of halogens is 2. The quantitative estimate of drug-likeness (QED) is 0.374. The first-order valence-corrected chi connectivity index (χ1v) is 14.6. The highest BCUT2D eigenvalue weighted by molar-refractivity contribution is 5.96. The van der Waals surface area contributed by atoms with Crippen LogP contribution in [0.4, 0.5) is 4.39 Å². The number of rotatable bonds is 10. The van der Waals surface area contributed by atoms with Crippen molar-refractivity contribution < 1.29 is 13.9 Å². The van der Waals surface area contributed by atoms with Crippen molar-refractivity contribution in [2.75, 3.05) is 13.2 Å². The van der Waals surface area contributed by atoms with Crippen LogP contribution in [0.15, 0.2) is 30.5 Å². The van der Waals surface area contributed by atoms with Crippen LogP contribution in [-0.4, -0.2) is 34.9 Å². The van der Waals surface area contributed by atoms with Gasteiger partial charge in [0.25, 0.3) is 5.91 Å². The fourth-order valence-electron chi connectivity index (χ4n) is 7.80. The smallest absolute Gasteiger partial charge is 0.258 e. The summed E-state index contributed by atoms with van der Waals surface area (Å²) in [6, 6.07) is 6.85. The molecule has 1 amide bonds. The van der Waals surface area contributed by atoms with Crippen molar-refractivity contribution in [1.82, 2.24) is 20.4 Å². The van der Waals surface area contributed by atoms with Gasteiger partial charge in [-0.05, 0) is 92.2 Å². The van der Waals surface area contributed by atoms with Crippen LogP contribution in [-0.2, 0) is 13.1 Å². The molecule has 1 aromatic carbocycles. The molecular weight excluding hydrogens is 503 g/mol. The summed E-state index contributed by atoms with van der Waals surface area (Å²) in [5.74, 6) is 3.95. The van der Waals surface area contributed by atoms with E-state index < -0.39 is 0 Å². The Labute approximate surface area is 231 Å². The monoisotopic (exact) mass is 544 g/mol. The van der Waals surface area contributed by atoms with Crippen LogP contribution in [0.2, 0.25) is 0 Å². The maximum absolute atomic E-state index is 13.6. The Hall–Kier alpha value is -2.12. The zero-order valence-corrected chi connectivity index (χ0v) is 23.1. The van der Waals surface area contributed by atoms with Gasteiger partial charge in [0, 0.05) is 19.1 Å². The van der Waals surface area contributed by atoms with E-state index in [0.29, 0.717) is 61.5 Å². The maximum atomic E-state index is 13.6. The lowest BCUT2D eigenvalue weighted by Crippen LogP contribution is -2.55. The fraction of sp³-hybridized carbons (Fsp3) is 0.667. The summed E-state index contributed by atoms with van der Waals surface area (Å²) >= 11 is 0. The Morgan fingerprint density at radius 2 is 1.68 bits per heavy atom. The third-order valence-corrected chi connectivity index (χ3v) is 9.48. The van der Waals surface area contributed by atoms with Gasteiger partial charge in [-0.15, -0.1) is 12.4 Å². The van der Waals surface area contributed by atoms with E-state index in [0.717, 1.165) is 17.4 Å². The summed E-state index contributed by atoms with van der Waals surface area (Å²) in [6.45, 7) is 2.58. The van der Waals surface area contributed by atoms with E-state index in [-0.39, 0.29) is 24.1 Å². The summed E-state index contributed by atoms with van der Waals surface area (Å²) in [6.07, 6.45) is 14.5. The minimum atomic E-state index is -0.223. The Morgan fingerprint density at radius 3 is 2.37 bits per heavy atom. The van der Waals surface area contributed by atoms with Gasteiger partial charge >= 0.3 is 0 Å². The summed E-state index contributed by atoms with van der Waals surface area (Å²) in [5.41, 5.74) is 1.61. The average molecular weight is 545 g/mol. The normalized spacial score (nSPS) is 28.2. The lowest BCUT2D eigenvalue weighted by Gasteiger charge is -2.54. The van der Waals surface area contributed by atoms with Gasteiger partial charge in [-0.2, -0.15) is 5.10 Å². The van der Waals surface area contributed by atoms with Crippen molar-refractivity contribution in [2.45, 2.75) is 83.3 Å². The largest absolute Gasteiger partial charge is 0.477 e. The first-order chi connectivity index (χ1) is 18.1. The molecule has 0 unspecified atom stereocenters. The van der Waals surface area contributed by atoms with Gasteiger partial charge in [0.05, 0.1) is 19.3 Å². The number of nitrogens with one attached hydrogen (secondary N) is 2. The number of benzene rings is 1. The summed E-state index contributed by atoms with van der Waals surface area (Å²) in [7, 11) is 0. The first-order valence-electron chi connectivity index (χ1n) is 14.6. The number of aromatic nitrogens is 2. The maximum Gasteiger partial charge on any atom is 0.258 e. The van der Waals surface area contributed by atoms with Crippen LogP contribution >= 0.6 is 12.4 Å². The van der Waals surface area contributed by atoms with E-state index in [4.69, 9.17) is 4.74 Å². The van der Waals surface area contributed by atoms with Crippen LogP contribution in [0.5, 0.6) is 5.88 Å². The number of amides is 1. The molecule has 1 heterocycles. The Kier molecular flexibility index (Phi) is 8.94. The molecule has 5 saturated carbocycles. The second kappa shape index (κ2) is 12.4. The van der Waals surface area contributed by atoms with Crippen LogP contribution < -0.4 is 15.4 Å². The SMILES string of the molecule is Cl.O=C(NC1C2CC3CC(C2)CC1C3)c1cnn(CCNCc2ccc(F)cc2)c1OCC1CCCCC1. The molecule has 38 heavy (non-hydrogen) atoms. The molecule has 7 rings (SSSR count). The molecule has 2 N–H and O–H groups in total. The molecule has 0 radical (unpaired) electrons. The zero-order chi connectivity index (χ0) is 25.2. The highest BCUT2D eigenvalue weighted by Gasteiger charge is 2.48. The van der Waals surface area contributed by atoms with E-state index in [2.05, 4.69) is 15.7 Å². The van der Waals surface area contributed by atoms with Gasteiger partial charge < -0.3 is 15.4 Å². The van der Waals surface area contributed by atoms with Crippen LogP contribution in [0, 0.1) is 35.4 Å². The van der Waals surface area contributed by atoms with Crippen LogP contribution in [0.25, 0.3) is 0 Å². The summed E-state index contributed by atoms with van der Waals surface area (Å²) < 4.78 is 21.4. The minimum absolute atomic E-state index is 0. The molecule has 0 aliphatic heterocycles. The number of hydrogen-bond acceptors (Lipinski definition) is 4. The van der Waals surface area contributed by atoms with Crippen molar-refractivity contribution in [3.05, 3.63) is 47.4 Å². The topological polar surface area (TPSA) is 68.2 Å². The number of carbonyl (C=O) groups is 1. The van der Waals surface area contributed by atoms with Crippen molar-refractivity contribution in [2.24, 2.45) is 29.6 Å².